The molecule has 0 atom stereocenters. The topological polar surface area (TPSA) is 38.4 Å². The van der Waals surface area contributed by atoms with E-state index in [1.807, 2.05) is 6.92 Å². The minimum absolute atomic E-state index is 0.651. The average Bonchev–Trinajstić information content (AvgIpc) is 2.71. The molecule has 2 nitrogen and oxygen atoms in total. The van der Waals surface area contributed by atoms with Crippen molar-refractivity contribution in [1.82, 2.24) is 0 Å². The van der Waals surface area contributed by atoms with Gasteiger partial charge in [-0.3, -0.25) is 0 Å². The summed E-state index contributed by atoms with van der Waals surface area (Å²) in [7, 11) is 0. The number of aliphatic imine (C=N–C) groups is 1. The van der Waals surface area contributed by atoms with Crippen molar-refractivity contribution >= 4 is 17.6 Å². The fourth-order valence-electron chi connectivity index (χ4n) is 2.80. The molecule has 2 aromatic carbocycles. The van der Waals surface area contributed by atoms with E-state index in [2.05, 4.69) is 66.2 Å². The Balaban J connectivity index is 1.85. The molecule has 0 spiro atoms. The molecule has 23 heavy (non-hydrogen) atoms. The Kier molecular flexibility index (Phi) is 4.42. The van der Waals surface area contributed by atoms with Crippen LogP contribution in [0.3, 0.4) is 0 Å². The van der Waals surface area contributed by atoms with E-state index in [1.54, 1.807) is 0 Å². The van der Waals surface area contributed by atoms with Crippen molar-refractivity contribution in [3.63, 3.8) is 0 Å². The van der Waals surface area contributed by atoms with Gasteiger partial charge in [-0.25, -0.2) is 4.99 Å². The second-order valence-corrected chi connectivity index (χ2v) is 6.11. The van der Waals surface area contributed by atoms with Crippen LogP contribution in [0.25, 0.3) is 6.08 Å². The van der Waals surface area contributed by atoms with Gasteiger partial charge < -0.3 is 5.73 Å². The van der Waals surface area contributed by atoms with Crippen LogP contribution in [0, 0.1) is 0 Å². The van der Waals surface area contributed by atoms with Crippen LogP contribution in [-0.2, 0) is 12.8 Å². The summed E-state index contributed by atoms with van der Waals surface area (Å²) >= 11 is 0. The molecule has 0 radical (unpaired) electrons. The van der Waals surface area contributed by atoms with Crippen LogP contribution in [0.2, 0.25) is 0 Å². The molecule has 2 aromatic rings. The molecule has 0 saturated heterocycles. The van der Waals surface area contributed by atoms with Gasteiger partial charge in [0, 0.05) is 12.0 Å². The summed E-state index contributed by atoms with van der Waals surface area (Å²) in [4.78, 5) is 4.59. The van der Waals surface area contributed by atoms with Gasteiger partial charge in [-0.15, -0.1) is 0 Å². The molecule has 0 amide bonds. The highest BCUT2D eigenvalue weighted by Gasteiger charge is 2.11. The Bertz CT molecular complexity index is 783. The van der Waals surface area contributed by atoms with Crippen molar-refractivity contribution in [3.05, 3.63) is 82.9 Å². The quantitative estimate of drug-likeness (QED) is 0.863. The standard InChI is InChI=1S/C21H22N2/c1-15(2)19-13-18-11-10-17(12-20(18)23-21(22)14-19)9-8-16-6-4-3-5-7-16/h3-7,10-13H,1,8-9,14H2,2H3,(H2,22,23). The van der Waals surface area contributed by atoms with Crippen LogP contribution < -0.4 is 5.73 Å². The highest BCUT2D eigenvalue weighted by atomic mass is 14.9. The van der Waals surface area contributed by atoms with Crippen molar-refractivity contribution in [2.24, 2.45) is 10.7 Å². The Labute approximate surface area is 138 Å². The van der Waals surface area contributed by atoms with E-state index in [1.165, 1.54) is 11.1 Å². The molecule has 2 heteroatoms. The number of nitrogens with two attached hydrogens (primary N) is 1. The van der Waals surface area contributed by atoms with Crippen LogP contribution in [0.5, 0.6) is 0 Å². The van der Waals surface area contributed by atoms with E-state index in [0.717, 1.165) is 35.2 Å². The summed E-state index contributed by atoms with van der Waals surface area (Å²) < 4.78 is 0. The van der Waals surface area contributed by atoms with Gasteiger partial charge in [0.25, 0.3) is 0 Å². The number of aryl methyl sites for hydroxylation is 2. The molecule has 0 unspecified atom stereocenters. The van der Waals surface area contributed by atoms with Crippen LogP contribution in [0.4, 0.5) is 5.69 Å². The summed E-state index contributed by atoms with van der Waals surface area (Å²) in [6, 6.07) is 17.0. The highest BCUT2D eigenvalue weighted by molar-refractivity contribution is 5.91. The van der Waals surface area contributed by atoms with E-state index < -0.39 is 0 Å². The third-order valence-corrected chi connectivity index (χ3v) is 4.15. The highest BCUT2D eigenvalue weighted by Crippen LogP contribution is 2.29. The lowest BCUT2D eigenvalue weighted by Crippen LogP contribution is -2.11. The van der Waals surface area contributed by atoms with E-state index in [0.29, 0.717) is 12.3 Å². The average molecular weight is 302 g/mol. The van der Waals surface area contributed by atoms with Crippen molar-refractivity contribution in [3.8, 4) is 0 Å². The SMILES string of the molecule is C=C(C)C1=Cc2ccc(CCc3ccccc3)cc2N=C(N)C1. The van der Waals surface area contributed by atoms with Gasteiger partial charge in [0.05, 0.1) is 5.69 Å². The molecule has 0 aromatic heterocycles. The number of amidine groups is 1. The van der Waals surface area contributed by atoms with E-state index in [-0.39, 0.29) is 0 Å². The van der Waals surface area contributed by atoms with Gasteiger partial charge in [-0.05, 0) is 48.6 Å². The predicted molar refractivity (Wildman–Crippen MR) is 99.0 cm³/mol. The number of rotatable bonds is 4. The summed E-state index contributed by atoms with van der Waals surface area (Å²) in [5.41, 5.74) is 13.0. The van der Waals surface area contributed by atoms with Gasteiger partial charge in [0.2, 0.25) is 0 Å². The molecule has 116 valence electrons. The van der Waals surface area contributed by atoms with E-state index in [4.69, 9.17) is 5.73 Å². The monoisotopic (exact) mass is 302 g/mol. The lowest BCUT2D eigenvalue weighted by Gasteiger charge is -2.06. The van der Waals surface area contributed by atoms with Gasteiger partial charge in [-0.1, -0.05) is 54.6 Å². The van der Waals surface area contributed by atoms with Gasteiger partial charge in [0.1, 0.15) is 5.84 Å². The Morgan fingerprint density at radius 1 is 1.09 bits per heavy atom. The molecule has 0 fully saturated rings. The number of nitrogens with zero attached hydrogens (tertiary/aromatic N) is 1. The largest absolute Gasteiger partial charge is 0.387 e. The van der Waals surface area contributed by atoms with E-state index in [9.17, 15) is 0 Å². The summed E-state index contributed by atoms with van der Waals surface area (Å²) in [5, 5.41) is 0. The zero-order valence-electron chi connectivity index (χ0n) is 13.5. The molecule has 1 aliphatic rings. The second kappa shape index (κ2) is 6.66. The second-order valence-electron chi connectivity index (χ2n) is 6.11. The third kappa shape index (κ3) is 3.78. The number of fused-ring (bicyclic) bond motifs is 1. The van der Waals surface area contributed by atoms with Crippen molar-refractivity contribution in [2.75, 3.05) is 0 Å². The Morgan fingerprint density at radius 3 is 2.57 bits per heavy atom. The molecule has 2 N–H and O–H groups in total. The fraction of sp³-hybridized carbons (Fsp3) is 0.190. The first-order valence-corrected chi connectivity index (χ1v) is 7.98. The lowest BCUT2D eigenvalue weighted by molar-refractivity contribution is 0.960. The maximum absolute atomic E-state index is 6.06. The Morgan fingerprint density at radius 2 is 1.83 bits per heavy atom. The number of allylic oxidation sites excluding steroid dienone is 1. The van der Waals surface area contributed by atoms with Crippen LogP contribution in [0.1, 0.15) is 30.0 Å². The third-order valence-electron chi connectivity index (χ3n) is 4.15. The minimum atomic E-state index is 0.651. The molecule has 0 aliphatic carbocycles. The first-order valence-electron chi connectivity index (χ1n) is 7.98. The Hall–Kier alpha value is -2.61. The lowest BCUT2D eigenvalue weighted by atomic mass is 9.99. The molecule has 0 bridgehead atoms. The van der Waals surface area contributed by atoms with Gasteiger partial charge >= 0.3 is 0 Å². The molecule has 0 saturated carbocycles. The first-order chi connectivity index (χ1) is 11.1. The molecular formula is C21H22N2. The zero-order chi connectivity index (χ0) is 16.2. The predicted octanol–water partition coefficient (Wildman–Crippen LogP) is 4.82. The number of benzene rings is 2. The first kappa shape index (κ1) is 15.3. The smallest absolute Gasteiger partial charge is 0.104 e. The molecule has 1 aliphatic heterocycles. The summed E-state index contributed by atoms with van der Waals surface area (Å²) in [5.74, 6) is 0.651. The minimum Gasteiger partial charge on any atom is -0.387 e. The molecular weight excluding hydrogens is 280 g/mol. The molecule has 3 rings (SSSR count). The number of hydrogen-bond acceptors (Lipinski definition) is 2. The maximum atomic E-state index is 6.06. The maximum Gasteiger partial charge on any atom is 0.104 e. The van der Waals surface area contributed by atoms with Crippen LogP contribution in [0.15, 0.2) is 71.2 Å². The number of hydrogen-bond donors (Lipinski definition) is 1. The fourth-order valence-corrected chi connectivity index (χ4v) is 2.80. The van der Waals surface area contributed by atoms with Crippen molar-refractivity contribution in [2.45, 2.75) is 26.2 Å². The summed E-state index contributed by atoms with van der Waals surface area (Å²) in [6.45, 7) is 6.04. The van der Waals surface area contributed by atoms with Crippen LogP contribution >= 0.6 is 0 Å². The van der Waals surface area contributed by atoms with Crippen LogP contribution in [-0.4, -0.2) is 5.84 Å². The zero-order valence-corrected chi connectivity index (χ0v) is 13.5. The van der Waals surface area contributed by atoms with Crippen molar-refractivity contribution in [1.29, 1.82) is 0 Å². The summed E-state index contributed by atoms with van der Waals surface area (Å²) in [6.07, 6.45) is 4.86. The molecule has 1 heterocycles. The normalized spacial score (nSPS) is 13.6. The van der Waals surface area contributed by atoms with E-state index >= 15 is 0 Å². The van der Waals surface area contributed by atoms with Gasteiger partial charge in [0.15, 0.2) is 0 Å². The van der Waals surface area contributed by atoms with Crippen molar-refractivity contribution < 1.29 is 0 Å². The van der Waals surface area contributed by atoms with Gasteiger partial charge in [-0.2, -0.15) is 0 Å².